The highest BCUT2D eigenvalue weighted by Crippen LogP contribution is 2.38. The molecule has 5 rings (SSSR count). The number of likely N-dealkylation sites (tertiary alicyclic amines) is 1. The van der Waals surface area contributed by atoms with Crippen molar-refractivity contribution in [3.63, 3.8) is 0 Å². The number of carbonyl (C=O) groups excluding carboxylic acids is 2. The highest BCUT2D eigenvalue weighted by Gasteiger charge is 2.39. The van der Waals surface area contributed by atoms with Gasteiger partial charge in [-0.15, -0.1) is 0 Å². The van der Waals surface area contributed by atoms with Crippen LogP contribution in [0.4, 0.5) is 11.5 Å². The highest BCUT2D eigenvalue weighted by molar-refractivity contribution is 5.89. The zero-order valence-electron chi connectivity index (χ0n) is 21.4. The molecule has 3 heterocycles. The van der Waals surface area contributed by atoms with Crippen molar-refractivity contribution in [2.75, 3.05) is 24.5 Å². The van der Waals surface area contributed by atoms with Gasteiger partial charge in [0.25, 0.3) is 0 Å². The number of para-hydroxylation sites is 1. The fourth-order valence-electron chi connectivity index (χ4n) is 6.17. The zero-order chi connectivity index (χ0) is 25.1. The standard InChI is InChI=1S/C29H39N5O2/c1-20(19-30)28(35)32-27(22-9-3-2-4-10-22)29(36)34-16-7-12-25(34)23-13-15-31-26(18-23)33-17-14-21-8-5-6-11-24(21)33/h5-6,8,11,13,15,18,20,22,25,27H,2-4,7,9-10,12,14,16-17,19,30H2,1H3,(H,32,35). The lowest BCUT2D eigenvalue weighted by Crippen LogP contribution is -2.54. The Morgan fingerprint density at radius 2 is 1.89 bits per heavy atom. The monoisotopic (exact) mass is 489 g/mol. The summed E-state index contributed by atoms with van der Waals surface area (Å²) in [6.07, 6.45) is 10.2. The van der Waals surface area contributed by atoms with Crippen molar-refractivity contribution in [1.82, 2.24) is 15.2 Å². The van der Waals surface area contributed by atoms with E-state index in [1.54, 1.807) is 0 Å². The molecule has 1 aromatic carbocycles. The van der Waals surface area contributed by atoms with Gasteiger partial charge in [0.2, 0.25) is 11.8 Å². The largest absolute Gasteiger partial charge is 0.344 e. The van der Waals surface area contributed by atoms with Crippen molar-refractivity contribution < 1.29 is 9.59 Å². The number of benzene rings is 1. The average Bonchev–Trinajstić information content (AvgIpc) is 3.59. The topological polar surface area (TPSA) is 91.6 Å². The Hall–Kier alpha value is -2.93. The van der Waals surface area contributed by atoms with E-state index in [0.717, 1.165) is 69.4 Å². The van der Waals surface area contributed by atoms with E-state index >= 15 is 0 Å². The minimum absolute atomic E-state index is 0.00650. The number of nitrogens with zero attached hydrogens (tertiary/aromatic N) is 3. The van der Waals surface area contributed by atoms with Crippen LogP contribution in [-0.4, -0.2) is 47.4 Å². The number of hydrogen-bond acceptors (Lipinski definition) is 5. The molecule has 1 aromatic heterocycles. The van der Waals surface area contributed by atoms with Crippen LogP contribution in [0.5, 0.6) is 0 Å². The number of pyridine rings is 1. The molecule has 2 aliphatic heterocycles. The summed E-state index contributed by atoms with van der Waals surface area (Å²) in [5.74, 6) is 0.772. The summed E-state index contributed by atoms with van der Waals surface area (Å²) in [6, 6.07) is 12.2. The number of nitrogens with two attached hydrogens (primary N) is 1. The van der Waals surface area contributed by atoms with Gasteiger partial charge in [0, 0.05) is 37.4 Å². The van der Waals surface area contributed by atoms with Gasteiger partial charge in [-0.1, -0.05) is 44.4 Å². The van der Waals surface area contributed by atoms with Crippen LogP contribution in [0.15, 0.2) is 42.6 Å². The second-order valence-electron chi connectivity index (χ2n) is 10.7. The van der Waals surface area contributed by atoms with Crippen LogP contribution in [-0.2, 0) is 16.0 Å². The maximum Gasteiger partial charge on any atom is 0.245 e. The fourth-order valence-corrected chi connectivity index (χ4v) is 6.17. The predicted molar refractivity (Wildman–Crippen MR) is 142 cm³/mol. The minimum Gasteiger partial charge on any atom is -0.344 e. The maximum absolute atomic E-state index is 14.0. The fraction of sp³-hybridized carbons (Fsp3) is 0.552. The van der Waals surface area contributed by atoms with Gasteiger partial charge in [0.15, 0.2) is 0 Å². The first-order valence-corrected chi connectivity index (χ1v) is 13.7. The molecular formula is C29H39N5O2. The van der Waals surface area contributed by atoms with Gasteiger partial charge in [-0.25, -0.2) is 4.98 Å². The van der Waals surface area contributed by atoms with E-state index in [9.17, 15) is 9.59 Å². The Bertz CT molecular complexity index is 1080. The van der Waals surface area contributed by atoms with E-state index in [2.05, 4.69) is 40.5 Å². The Morgan fingerprint density at radius 1 is 1.08 bits per heavy atom. The molecule has 192 valence electrons. The summed E-state index contributed by atoms with van der Waals surface area (Å²) in [7, 11) is 0. The number of anilines is 2. The number of aromatic nitrogens is 1. The highest BCUT2D eigenvalue weighted by atomic mass is 16.2. The Morgan fingerprint density at radius 3 is 2.69 bits per heavy atom. The second kappa shape index (κ2) is 11.0. The lowest BCUT2D eigenvalue weighted by Gasteiger charge is -2.35. The van der Waals surface area contributed by atoms with Gasteiger partial charge in [-0.3, -0.25) is 9.59 Å². The SMILES string of the molecule is CC(CN)C(=O)NC(C(=O)N1CCCC1c1ccnc(N2CCc3ccccc32)c1)C1CCCCC1. The van der Waals surface area contributed by atoms with Crippen molar-refractivity contribution >= 4 is 23.3 Å². The Labute approximate surface area is 214 Å². The van der Waals surface area contributed by atoms with E-state index in [4.69, 9.17) is 10.7 Å². The molecule has 3 N–H and O–H groups in total. The van der Waals surface area contributed by atoms with Gasteiger partial charge in [-0.05, 0) is 67.3 Å². The third-order valence-corrected chi connectivity index (χ3v) is 8.34. The smallest absolute Gasteiger partial charge is 0.245 e. The molecule has 1 saturated carbocycles. The van der Waals surface area contributed by atoms with Crippen molar-refractivity contribution in [2.24, 2.45) is 17.6 Å². The summed E-state index contributed by atoms with van der Waals surface area (Å²) < 4.78 is 0. The predicted octanol–water partition coefficient (Wildman–Crippen LogP) is 4.10. The van der Waals surface area contributed by atoms with E-state index in [1.165, 1.54) is 17.7 Å². The first-order valence-electron chi connectivity index (χ1n) is 13.7. The van der Waals surface area contributed by atoms with Gasteiger partial charge < -0.3 is 20.9 Å². The summed E-state index contributed by atoms with van der Waals surface area (Å²) in [4.78, 5) is 35.8. The molecule has 7 nitrogen and oxygen atoms in total. The Balaban J connectivity index is 1.38. The number of carbonyl (C=O) groups is 2. The first kappa shape index (κ1) is 24.8. The van der Waals surface area contributed by atoms with Crippen LogP contribution in [0.1, 0.15) is 69.0 Å². The molecule has 3 unspecified atom stereocenters. The van der Waals surface area contributed by atoms with Crippen LogP contribution in [0.2, 0.25) is 0 Å². The molecular weight excluding hydrogens is 450 g/mol. The van der Waals surface area contributed by atoms with Gasteiger partial charge in [0.05, 0.1) is 6.04 Å². The van der Waals surface area contributed by atoms with Crippen molar-refractivity contribution in [3.8, 4) is 0 Å². The maximum atomic E-state index is 14.0. The molecule has 1 aliphatic carbocycles. The zero-order valence-corrected chi connectivity index (χ0v) is 21.4. The molecule has 3 aliphatic rings. The summed E-state index contributed by atoms with van der Waals surface area (Å²) in [5.41, 5.74) is 9.44. The number of rotatable bonds is 7. The molecule has 0 bridgehead atoms. The number of nitrogens with one attached hydrogen (secondary N) is 1. The van der Waals surface area contributed by atoms with E-state index in [0.29, 0.717) is 0 Å². The lowest BCUT2D eigenvalue weighted by atomic mass is 9.83. The van der Waals surface area contributed by atoms with Crippen molar-refractivity contribution in [2.45, 2.75) is 70.4 Å². The molecule has 2 fully saturated rings. The van der Waals surface area contributed by atoms with Gasteiger partial charge in [0.1, 0.15) is 11.9 Å². The molecule has 0 spiro atoms. The number of fused-ring (bicyclic) bond motifs is 1. The van der Waals surface area contributed by atoms with Crippen LogP contribution in [0.25, 0.3) is 0 Å². The molecule has 2 amide bonds. The van der Waals surface area contributed by atoms with Gasteiger partial charge >= 0.3 is 0 Å². The molecule has 36 heavy (non-hydrogen) atoms. The molecule has 0 radical (unpaired) electrons. The van der Waals surface area contributed by atoms with E-state index in [1.807, 2.05) is 24.1 Å². The van der Waals surface area contributed by atoms with E-state index in [-0.39, 0.29) is 36.2 Å². The third kappa shape index (κ3) is 4.99. The van der Waals surface area contributed by atoms with Crippen LogP contribution < -0.4 is 16.0 Å². The first-order chi connectivity index (χ1) is 17.6. The normalized spacial score (nSPS) is 21.8. The summed E-state index contributed by atoms with van der Waals surface area (Å²) in [6.45, 7) is 3.74. The number of hydrogen-bond donors (Lipinski definition) is 2. The van der Waals surface area contributed by atoms with Crippen LogP contribution >= 0.6 is 0 Å². The van der Waals surface area contributed by atoms with Crippen LogP contribution in [0.3, 0.4) is 0 Å². The minimum atomic E-state index is -0.473. The quantitative estimate of drug-likeness (QED) is 0.611. The number of amides is 2. The molecule has 1 saturated heterocycles. The Kier molecular flexibility index (Phi) is 7.56. The third-order valence-electron chi connectivity index (χ3n) is 8.34. The lowest BCUT2D eigenvalue weighted by molar-refractivity contribution is -0.140. The second-order valence-corrected chi connectivity index (χ2v) is 10.7. The molecule has 2 aromatic rings. The van der Waals surface area contributed by atoms with Gasteiger partial charge in [-0.2, -0.15) is 0 Å². The average molecular weight is 490 g/mol. The van der Waals surface area contributed by atoms with Crippen molar-refractivity contribution in [3.05, 3.63) is 53.7 Å². The van der Waals surface area contributed by atoms with Crippen molar-refractivity contribution in [1.29, 1.82) is 0 Å². The summed E-state index contributed by atoms with van der Waals surface area (Å²) in [5, 5.41) is 3.12. The molecule has 7 heteroatoms. The summed E-state index contributed by atoms with van der Waals surface area (Å²) >= 11 is 0. The van der Waals surface area contributed by atoms with E-state index < -0.39 is 6.04 Å². The molecule has 3 atom stereocenters. The van der Waals surface area contributed by atoms with Crippen LogP contribution in [0, 0.1) is 11.8 Å².